The van der Waals surface area contributed by atoms with E-state index in [1.165, 1.54) is 13.3 Å². The minimum Gasteiger partial charge on any atom is -0.494 e. The topological polar surface area (TPSA) is 94.8 Å². The molecule has 4 heterocycles. The molecule has 0 spiro atoms. The van der Waals surface area contributed by atoms with E-state index in [1.807, 2.05) is 12.1 Å². The summed E-state index contributed by atoms with van der Waals surface area (Å²) in [6.45, 7) is 2.14. The van der Waals surface area contributed by atoms with Crippen LogP contribution in [0.15, 0.2) is 36.7 Å². The van der Waals surface area contributed by atoms with Crippen molar-refractivity contribution in [2.45, 2.75) is 25.8 Å². The smallest absolute Gasteiger partial charge is 0.260 e. The second kappa shape index (κ2) is 6.55. The Balaban J connectivity index is 1.62. The molecule has 0 bridgehead atoms. The van der Waals surface area contributed by atoms with E-state index in [9.17, 15) is 4.79 Å². The number of nitrogens with zero attached hydrogens (tertiary/aromatic N) is 5. The molecule has 0 fully saturated rings. The number of carbonyl (C=O) groups excluding carboxylic acids is 1. The number of methoxy groups -OCH3 is 1. The molecule has 1 atom stereocenters. The van der Waals surface area contributed by atoms with Crippen LogP contribution in [0.1, 0.15) is 35.6 Å². The van der Waals surface area contributed by atoms with Crippen LogP contribution >= 0.6 is 0 Å². The van der Waals surface area contributed by atoms with Crippen molar-refractivity contribution in [3.05, 3.63) is 48.0 Å². The Hall–Kier alpha value is -3.29. The van der Waals surface area contributed by atoms with Crippen LogP contribution in [0, 0.1) is 0 Å². The molecule has 0 aromatic carbocycles. The van der Waals surface area contributed by atoms with E-state index in [-0.39, 0.29) is 5.91 Å². The van der Waals surface area contributed by atoms with Gasteiger partial charge in [-0.1, -0.05) is 6.07 Å². The average molecular weight is 350 g/mol. The standard InChI is InChI=1S/C18H18N6O2/c1-11-6-7-16-22-23-17(24(11)16)13-4-3-5-15(20-13)21-18(25)12-8-9-19-10-14(12)26-2/h3-5,8-11H,6-7H2,1-2H3,(H,20,21,25)/t11-/m0/s1. The maximum Gasteiger partial charge on any atom is 0.260 e. The lowest BCUT2D eigenvalue weighted by Crippen LogP contribution is -2.14. The van der Waals surface area contributed by atoms with Crippen LogP contribution in [0.5, 0.6) is 5.75 Å². The number of aryl methyl sites for hydroxylation is 1. The summed E-state index contributed by atoms with van der Waals surface area (Å²) in [5.41, 5.74) is 1.07. The normalized spacial score (nSPS) is 15.5. The van der Waals surface area contributed by atoms with E-state index in [1.54, 1.807) is 18.3 Å². The van der Waals surface area contributed by atoms with Gasteiger partial charge >= 0.3 is 0 Å². The van der Waals surface area contributed by atoms with Crippen LogP contribution in [0.2, 0.25) is 0 Å². The number of nitrogens with one attached hydrogen (secondary N) is 1. The molecule has 8 heteroatoms. The number of carbonyl (C=O) groups is 1. The summed E-state index contributed by atoms with van der Waals surface area (Å²) in [5, 5.41) is 11.3. The van der Waals surface area contributed by atoms with Crippen LogP contribution in [0.4, 0.5) is 5.82 Å². The fourth-order valence-corrected chi connectivity index (χ4v) is 3.14. The Morgan fingerprint density at radius 1 is 1.31 bits per heavy atom. The molecule has 0 radical (unpaired) electrons. The van der Waals surface area contributed by atoms with Gasteiger partial charge in [-0.3, -0.25) is 9.78 Å². The Morgan fingerprint density at radius 3 is 3.04 bits per heavy atom. The van der Waals surface area contributed by atoms with Crippen molar-refractivity contribution in [2.75, 3.05) is 12.4 Å². The van der Waals surface area contributed by atoms with Gasteiger partial charge in [0, 0.05) is 18.7 Å². The van der Waals surface area contributed by atoms with Crippen LogP contribution in [-0.2, 0) is 6.42 Å². The lowest BCUT2D eigenvalue weighted by atomic mass is 10.2. The van der Waals surface area contributed by atoms with Crippen LogP contribution in [-0.4, -0.2) is 37.7 Å². The monoisotopic (exact) mass is 350 g/mol. The van der Waals surface area contributed by atoms with Gasteiger partial charge in [-0.15, -0.1) is 10.2 Å². The first kappa shape index (κ1) is 16.2. The molecule has 0 saturated carbocycles. The molecule has 8 nitrogen and oxygen atoms in total. The third-order valence-electron chi connectivity index (χ3n) is 4.46. The van der Waals surface area contributed by atoms with Crippen LogP contribution in [0.25, 0.3) is 11.5 Å². The summed E-state index contributed by atoms with van der Waals surface area (Å²) < 4.78 is 7.29. The van der Waals surface area contributed by atoms with Crippen molar-refractivity contribution in [3.8, 4) is 17.3 Å². The van der Waals surface area contributed by atoms with E-state index in [4.69, 9.17) is 4.74 Å². The van der Waals surface area contributed by atoms with Crippen molar-refractivity contribution in [1.29, 1.82) is 0 Å². The number of fused-ring (bicyclic) bond motifs is 1. The summed E-state index contributed by atoms with van der Waals surface area (Å²) in [6, 6.07) is 7.38. The van der Waals surface area contributed by atoms with E-state index in [0.29, 0.717) is 28.9 Å². The van der Waals surface area contributed by atoms with Gasteiger partial charge < -0.3 is 14.6 Å². The highest BCUT2D eigenvalue weighted by Gasteiger charge is 2.25. The minimum absolute atomic E-state index is 0.311. The fourth-order valence-electron chi connectivity index (χ4n) is 3.14. The number of amides is 1. The Bertz CT molecular complexity index is 968. The van der Waals surface area contributed by atoms with Crippen molar-refractivity contribution in [1.82, 2.24) is 24.7 Å². The molecule has 4 rings (SSSR count). The third-order valence-corrected chi connectivity index (χ3v) is 4.46. The highest BCUT2D eigenvalue weighted by atomic mass is 16.5. The minimum atomic E-state index is -0.311. The molecule has 1 aliphatic rings. The number of pyridine rings is 2. The largest absolute Gasteiger partial charge is 0.494 e. The number of hydrogen-bond acceptors (Lipinski definition) is 6. The van der Waals surface area contributed by atoms with Gasteiger partial charge in [0.2, 0.25) is 0 Å². The first-order valence-corrected chi connectivity index (χ1v) is 8.38. The summed E-state index contributed by atoms with van der Waals surface area (Å²) in [7, 11) is 1.50. The van der Waals surface area contributed by atoms with Gasteiger partial charge in [0.15, 0.2) is 5.82 Å². The number of hydrogen-bond donors (Lipinski definition) is 1. The van der Waals surface area contributed by atoms with E-state index >= 15 is 0 Å². The van der Waals surface area contributed by atoms with Crippen LogP contribution in [0.3, 0.4) is 0 Å². The number of aromatic nitrogens is 5. The number of anilines is 1. The maximum absolute atomic E-state index is 12.5. The highest BCUT2D eigenvalue weighted by Crippen LogP contribution is 2.30. The van der Waals surface area contributed by atoms with Gasteiger partial charge in [-0.2, -0.15) is 0 Å². The van der Waals surface area contributed by atoms with E-state index < -0.39 is 0 Å². The van der Waals surface area contributed by atoms with Gasteiger partial charge in [-0.25, -0.2) is 4.98 Å². The Morgan fingerprint density at radius 2 is 2.19 bits per heavy atom. The second-order valence-corrected chi connectivity index (χ2v) is 6.14. The molecule has 0 unspecified atom stereocenters. The number of rotatable bonds is 4. The zero-order chi connectivity index (χ0) is 18.1. The van der Waals surface area contributed by atoms with Gasteiger partial charge in [0.25, 0.3) is 5.91 Å². The van der Waals surface area contributed by atoms with Gasteiger partial charge in [0.05, 0.1) is 18.9 Å². The fraction of sp³-hybridized carbons (Fsp3) is 0.278. The predicted molar refractivity (Wildman–Crippen MR) is 95.0 cm³/mol. The summed E-state index contributed by atoms with van der Waals surface area (Å²) >= 11 is 0. The average Bonchev–Trinajstić information content (AvgIpc) is 3.25. The number of ether oxygens (including phenoxy) is 1. The summed E-state index contributed by atoms with van der Waals surface area (Å²) in [6.07, 6.45) is 5.02. The second-order valence-electron chi connectivity index (χ2n) is 6.14. The Kier molecular flexibility index (Phi) is 4.08. The summed E-state index contributed by atoms with van der Waals surface area (Å²) in [4.78, 5) is 21.0. The molecule has 0 saturated heterocycles. The lowest BCUT2D eigenvalue weighted by Gasteiger charge is -2.11. The van der Waals surface area contributed by atoms with Crippen LogP contribution < -0.4 is 10.1 Å². The molecule has 1 amide bonds. The zero-order valence-electron chi connectivity index (χ0n) is 14.5. The molecule has 1 aliphatic heterocycles. The van der Waals surface area contributed by atoms with Crippen molar-refractivity contribution in [3.63, 3.8) is 0 Å². The predicted octanol–water partition coefficient (Wildman–Crippen LogP) is 2.50. The first-order valence-electron chi connectivity index (χ1n) is 8.38. The molecule has 132 valence electrons. The van der Waals surface area contributed by atoms with Crippen molar-refractivity contribution < 1.29 is 9.53 Å². The SMILES string of the molecule is COc1cnccc1C(=O)Nc1cccc(-c2nnc3n2[C@@H](C)CC3)n1. The lowest BCUT2D eigenvalue weighted by molar-refractivity contribution is 0.102. The summed E-state index contributed by atoms with van der Waals surface area (Å²) in [5.74, 6) is 2.24. The molecular formula is C18H18N6O2. The van der Waals surface area contributed by atoms with Crippen molar-refractivity contribution >= 4 is 11.7 Å². The van der Waals surface area contributed by atoms with Crippen molar-refractivity contribution in [2.24, 2.45) is 0 Å². The highest BCUT2D eigenvalue weighted by molar-refractivity contribution is 6.05. The molecular weight excluding hydrogens is 332 g/mol. The quantitative estimate of drug-likeness (QED) is 0.777. The maximum atomic E-state index is 12.5. The molecule has 1 N–H and O–H groups in total. The molecule has 3 aromatic rings. The Labute approximate surface area is 150 Å². The van der Waals surface area contributed by atoms with E-state index in [2.05, 4.69) is 37.0 Å². The zero-order valence-corrected chi connectivity index (χ0v) is 14.5. The van der Waals surface area contributed by atoms with E-state index in [0.717, 1.165) is 24.5 Å². The van der Waals surface area contributed by atoms with Gasteiger partial charge in [-0.05, 0) is 31.5 Å². The molecule has 0 aliphatic carbocycles. The molecule has 26 heavy (non-hydrogen) atoms. The third kappa shape index (κ3) is 2.79. The molecule has 3 aromatic heterocycles. The first-order chi connectivity index (χ1) is 12.7. The van der Waals surface area contributed by atoms with Gasteiger partial charge in [0.1, 0.15) is 23.1 Å².